The van der Waals surface area contributed by atoms with Gasteiger partial charge in [-0.05, 0) is 64.8 Å². The largest absolute Gasteiger partial charge is 0.303 e. The fourth-order valence-corrected chi connectivity index (χ4v) is 5.16. The molecule has 1 heterocycles. The predicted molar refractivity (Wildman–Crippen MR) is 101 cm³/mol. The molecule has 0 radical (unpaired) electrons. The molecule has 4 nitrogen and oxygen atoms in total. The van der Waals surface area contributed by atoms with E-state index in [4.69, 9.17) is 0 Å². The summed E-state index contributed by atoms with van der Waals surface area (Å²) in [5.41, 5.74) is 0. The molecule has 1 aromatic carbocycles. The van der Waals surface area contributed by atoms with Gasteiger partial charge >= 0.3 is 0 Å². The summed E-state index contributed by atoms with van der Waals surface area (Å²) < 4.78 is 24.9. The van der Waals surface area contributed by atoms with Crippen molar-refractivity contribution < 1.29 is 13.2 Å². The van der Waals surface area contributed by atoms with Crippen LogP contribution in [0.5, 0.6) is 0 Å². The van der Waals surface area contributed by atoms with Crippen molar-refractivity contribution in [1.29, 1.82) is 0 Å². The fourth-order valence-electron chi connectivity index (χ4n) is 3.59. The molecular formula is C20H31NO3S. The molecule has 1 saturated heterocycles. The molecule has 140 valence electrons. The van der Waals surface area contributed by atoms with Gasteiger partial charge in [0.25, 0.3) is 0 Å². The molecule has 0 aromatic heterocycles. The van der Waals surface area contributed by atoms with Crippen molar-refractivity contribution >= 4 is 15.6 Å². The van der Waals surface area contributed by atoms with Gasteiger partial charge in [-0.25, -0.2) is 8.42 Å². The van der Waals surface area contributed by atoms with E-state index < -0.39 is 14.6 Å². The van der Waals surface area contributed by atoms with Gasteiger partial charge in [-0.2, -0.15) is 0 Å². The summed E-state index contributed by atoms with van der Waals surface area (Å²) in [7, 11) is -3.34. The fraction of sp³-hybridized carbons (Fsp3) is 0.650. The number of Topliss-reactive ketones (excluding diaryl/α,β-unsaturated/α-hetero) is 1. The molecule has 1 aromatic rings. The number of piperidine rings is 1. The third-order valence-electron chi connectivity index (χ3n) is 5.34. The quantitative estimate of drug-likeness (QED) is 0.705. The molecule has 1 aliphatic rings. The highest BCUT2D eigenvalue weighted by Crippen LogP contribution is 2.30. The van der Waals surface area contributed by atoms with Crippen molar-refractivity contribution in [2.75, 3.05) is 19.6 Å². The number of likely N-dealkylation sites (tertiary alicyclic amines) is 1. The highest BCUT2D eigenvalue weighted by molar-refractivity contribution is 7.92. The van der Waals surface area contributed by atoms with Crippen LogP contribution in [-0.4, -0.2) is 43.5 Å². The number of carbonyl (C=O) groups is 1. The van der Waals surface area contributed by atoms with Crippen molar-refractivity contribution in [2.24, 2.45) is 5.92 Å². The van der Waals surface area contributed by atoms with E-state index >= 15 is 0 Å². The zero-order valence-electron chi connectivity index (χ0n) is 15.7. The minimum absolute atomic E-state index is 0.166. The Labute approximate surface area is 152 Å². The first-order chi connectivity index (χ1) is 11.8. The number of ketones is 1. The van der Waals surface area contributed by atoms with Gasteiger partial charge in [-0.1, -0.05) is 25.1 Å². The van der Waals surface area contributed by atoms with Crippen LogP contribution in [0, 0.1) is 5.92 Å². The second kappa shape index (κ2) is 8.45. The second-order valence-electron chi connectivity index (χ2n) is 7.64. The van der Waals surface area contributed by atoms with Crippen LogP contribution in [0.1, 0.15) is 52.9 Å². The Balaban J connectivity index is 1.91. The Kier molecular flexibility index (Phi) is 6.80. The van der Waals surface area contributed by atoms with E-state index in [1.165, 1.54) is 0 Å². The van der Waals surface area contributed by atoms with Crippen molar-refractivity contribution in [3.8, 4) is 0 Å². The smallest absolute Gasteiger partial charge is 0.183 e. The number of nitrogens with zero attached hydrogens (tertiary/aromatic N) is 1. The van der Waals surface area contributed by atoms with Gasteiger partial charge in [-0.3, -0.25) is 4.79 Å². The molecule has 0 amide bonds. The molecule has 1 unspecified atom stereocenters. The van der Waals surface area contributed by atoms with Crippen molar-refractivity contribution in [3.05, 3.63) is 30.3 Å². The van der Waals surface area contributed by atoms with Crippen LogP contribution in [-0.2, 0) is 14.6 Å². The lowest BCUT2D eigenvalue weighted by Crippen LogP contribution is -2.40. The van der Waals surface area contributed by atoms with Crippen molar-refractivity contribution in [3.63, 3.8) is 0 Å². The van der Waals surface area contributed by atoms with Crippen LogP contribution in [0.25, 0.3) is 0 Å². The number of carbonyl (C=O) groups excluding carboxylic acids is 1. The first-order valence-corrected chi connectivity index (χ1v) is 10.8. The number of hydrogen-bond acceptors (Lipinski definition) is 4. The van der Waals surface area contributed by atoms with E-state index in [1.807, 2.05) is 26.8 Å². The molecule has 0 N–H and O–H groups in total. The van der Waals surface area contributed by atoms with Gasteiger partial charge in [0.1, 0.15) is 5.78 Å². The Morgan fingerprint density at radius 2 is 1.92 bits per heavy atom. The number of hydrogen-bond donors (Lipinski definition) is 0. The van der Waals surface area contributed by atoms with Gasteiger partial charge in [0, 0.05) is 18.9 Å². The molecule has 2 rings (SSSR count). The van der Waals surface area contributed by atoms with Gasteiger partial charge in [0.2, 0.25) is 0 Å². The van der Waals surface area contributed by atoms with Gasteiger partial charge in [0.05, 0.1) is 9.64 Å². The summed E-state index contributed by atoms with van der Waals surface area (Å²) in [6.07, 6.45) is 4.11. The minimum atomic E-state index is -3.34. The molecule has 25 heavy (non-hydrogen) atoms. The maximum atomic E-state index is 12.9. The van der Waals surface area contributed by atoms with Crippen molar-refractivity contribution in [2.45, 2.75) is 62.5 Å². The standard InChI is InChI=1S/C20H31NO3S/c1-4-19(22)17-10-8-14-21(16-17)15-9-13-20(2,3)25(23,24)18-11-6-5-7-12-18/h5-7,11-12,17H,4,8-10,13-16H2,1-3H3. The van der Waals surface area contributed by atoms with E-state index in [2.05, 4.69) is 4.90 Å². The van der Waals surface area contributed by atoms with Crippen LogP contribution in [0.15, 0.2) is 35.2 Å². The average Bonchev–Trinajstić information content (AvgIpc) is 2.61. The third-order valence-corrected chi connectivity index (χ3v) is 7.90. The van der Waals surface area contributed by atoms with E-state index in [0.29, 0.717) is 23.5 Å². The summed E-state index contributed by atoms with van der Waals surface area (Å²) in [5, 5.41) is 0. The first-order valence-electron chi connectivity index (χ1n) is 9.32. The molecule has 1 fully saturated rings. The SMILES string of the molecule is CCC(=O)C1CCCN(CCCC(C)(C)S(=O)(=O)c2ccccc2)C1. The Hall–Kier alpha value is -1.20. The Morgan fingerprint density at radius 1 is 1.24 bits per heavy atom. The molecule has 1 atom stereocenters. The van der Waals surface area contributed by atoms with Crippen LogP contribution in [0.2, 0.25) is 0 Å². The molecule has 1 aliphatic heterocycles. The zero-order chi connectivity index (χ0) is 18.5. The van der Waals surface area contributed by atoms with E-state index in [-0.39, 0.29) is 5.92 Å². The van der Waals surface area contributed by atoms with E-state index in [0.717, 1.165) is 38.9 Å². The number of rotatable bonds is 8. The van der Waals surface area contributed by atoms with Crippen LogP contribution in [0.4, 0.5) is 0 Å². The highest BCUT2D eigenvalue weighted by atomic mass is 32.2. The minimum Gasteiger partial charge on any atom is -0.303 e. The van der Waals surface area contributed by atoms with Gasteiger partial charge in [0.15, 0.2) is 9.84 Å². The summed E-state index contributed by atoms with van der Waals surface area (Å²) in [6.45, 7) is 8.27. The molecule has 0 saturated carbocycles. The Bertz CT molecular complexity index is 667. The monoisotopic (exact) mass is 365 g/mol. The molecule has 0 bridgehead atoms. The van der Waals surface area contributed by atoms with Crippen LogP contribution >= 0.6 is 0 Å². The van der Waals surface area contributed by atoms with Crippen molar-refractivity contribution in [1.82, 2.24) is 4.90 Å². The number of benzene rings is 1. The molecule has 0 aliphatic carbocycles. The Morgan fingerprint density at radius 3 is 2.56 bits per heavy atom. The van der Waals surface area contributed by atoms with E-state index in [9.17, 15) is 13.2 Å². The maximum absolute atomic E-state index is 12.9. The number of sulfone groups is 1. The molecule has 5 heteroatoms. The average molecular weight is 366 g/mol. The van der Waals surface area contributed by atoms with Gasteiger partial charge < -0.3 is 4.90 Å². The molecule has 0 spiro atoms. The lowest BCUT2D eigenvalue weighted by Gasteiger charge is -2.33. The maximum Gasteiger partial charge on any atom is 0.183 e. The highest BCUT2D eigenvalue weighted by Gasteiger charge is 2.35. The zero-order valence-corrected chi connectivity index (χ0v) is 16.5. The second-order valence-corrected chi connectivity index (χ2v) is 10.2. The first kappa shape index (κ1) is 20.1. The lowest BCUT2D eigenvalue weighted by molar-refractivity contribution is -0.124. The summed E-state index contributed by atoms with van der Waals surface area (Å²) >= 11 is 0. The van der Waals surface area contributed by atoms with Gasteiger partial charge in [-0.15, -0.1) is 0 Å². The summed E-state index contributed by atoms with van der Waals surface area (Å²) in [6, 6.07) is 8.70. The lowest BCUT2D eigenvalue weighted by atomic mass is 9.92. The normalized spacial score (nSPS) is 19.7. The summed E-state index contributed by atoms with van der Waals surface area (Å²) in [5.74, 6) is 0.525. The van der Waals surface area contributed by atoms with Crippen LogP contribution < -0.4 is 0 Å². The van der Waals surface area contributed by atoms with Crippen LogP contribution in [0.3, 0.4) is 0 Å². The third kappa shape index (κ3) is 4.91. The summed E-state index contributed by atoms with van der Waals surface area (Å²) in [4.78, 5) is 14.6. The predicted octanol–water partition coefficient (Wildman–Crippen LogP) is 3.71. The topological polar surface area (TPSA) is 54.5 Å². The molecular weight excluding hydrogens is 334 g/mol. The van der Waals surface area contributed by atoms with E-state index in [1.54, 1.807) is 24.3 Å².